The molecule has 0 aromatic carbocycles. The molecule has 4 nitrogen and oxygen atoms in total. The average Bonchev–Trinajstić information content (AvgIpc) is 2.29. The molecular weight excluding hydrogens is 220 g/mol. The van der Waals surface area contributed by atoms with E-state index < -0.39 is 11.9 Å². The number of aliphatic carboxylic acids is 1. The lowest BCUT2D eigenvalue weighted by atomic mass is 9.87. The van der Waals surface area contributed by atoms with Crippen LogP contribution in [0.2, 0.25) is 0 Å². The normalized spacial score (nSPS) is 17.8. The number of hydrogen-bond acceptors (Lipinski definition) is 3. The Kier molecular flexibility index (Phi) is 5.73. The summed E-state index contributed by atoms with van der Waals surface area (Å²) in [4.78, 5) is 22.3. The second kappa shape index (κ2) is 7.09. The van der Waals surface area contributed by atoms with Gasteiger partial charge in [0.25, 0.3) is 0 Å². The van der Waals surface area contributed by atoms with E-state index in [4.69, 9.17) is 9.84 Å². The Balaban J connectivity index is 2.60. The fourth-order valence-corrected chi connectivity index (χ4v) is 2.16. The Hall–Kier alpha value is -1.32. The number of allylic oxidation sites excluding steroid dienone is 1. The number of carboxylic acids is 1. The van der Waals surface area contributed by atoms with Gasteiger partial charge in [-0.1, -0.05) is 25.3 Å². The Morgan fingerprint density at radius 3 is 2.47 bits per heavy atom. The second-order valence-electron chi connectivity index (χ2n) is 4.38. The molecule has 1 aliphatic carbocycles. The van der Waals surface area contributed by atoms with Crippen molar-refractivity contribution in [2.75, 3.05) is 6.61 Å². The maximum atomic E-state index is 11.3. The van der Waals surface area contributed by atoms with Gasteiger partial charge >= 0.3 is 11.9 Å². The zero-order chi connectivity index (χ0) is 12.7. The van der Waals surface area contributed by atoms with Crippen molar-refractivity contribution in [3.63, 3.8) is 0 Å². The van der Waals surface area contributed by atoms with Crippen molar-refractivity contribution in [2.45, 2.75) is 45.4 Å². The number of ether oxygens (including phenoxy) is 1. The highest BCUT2D eigenvalue weighted by Gasteiger charge is 2.18. The zero-order valence-corrected chi connectivity index (χ0v) is 10.3. The van der Waals surface area contributed by atoms with Crippen LogP contribution in [0.3, 0.4) is 0 Å². The summed E-state index contributed by atoms with van der Waals surface area (Å²) in [6.07, 6.45) is 7.20. The van der Waals surface area contributed by atoms with Crippen LogP contribution in [0, 0.1) is 5.92 Å². The van der Waals surface area contributed by atoms with Gasteiger partial charge in [0.2, 0.25) is 0 Å². The van der Waals surface area contributed by atoms with Crippen LogP contribution in [0.25, 0.3) is 0 Å². The molecule has 17 heavy (non-hydrogen) atoms. The SMILES string of the molecule is CCOC(=O)CC(=CC1CCCCC1)C(=O)O. The molecule has 0 aliphatic heterocycles. The monoisotopic (exact) mass is 240 g/mol. The van der Waals surface area contributed by atoms with Gasteiger partial charge in [0.15, 0.2) is 0 Å². The van der Waals surface area contributed by atoms with Gasteiger partial charge < -0.3 is 9.84 Å². The van der Waals surface area contributed by atoms with Gasteiger partial charge in [-0.2, -0.15) is 0 Å². The van der Waals surface area contributed by atoms with Gasteiger partial charge in [-0.15, -0.1) is 0 Å². The van der Waals surface area contributed by atoms with Gasteiger partial charge in [-0.05, 0) is 25.7 Å². The molecule has 0 amide bonds. The minimum Gasteiger partial charge on any atom is -0.478 e. The van der Waals surface area contributed by atoms with Crippen molar-refractivity contribution < 1.29 is 19.4 Å². The molecule has 1 aliphatic rings. The van der Waals surface area contributed by atoms with Crippen molar-refractivity contribution in [1.82, 2.24) is 0 Å². The fraction of sp³-hybridized carbons (Fsp3) is 0.692. The van der Waals surface area contributed by atoms with Gasteiger partial charge in [0.1, 0.15) is 0 Å². The molecule has 0 bridgehead atoms. The summed E-state index contributed by atoms with van der Waals surface area (Å²) < 4.78 is 4.77. The van der Waals surface area contributed by atoms with Crippen LogP contribution in [-0.4, -0.2) is 23.7 Å². The predicted molar refractivity (Wildman–Crippen MR) is 63.5 cm³/mol. The van der Waals surface area contributed by atoms with Crippen molar-refractivity contribution in [1.29, 1.82) is 0 Å². The van der Waals surface area contributed by atoms with Gasteiger partial charge in [0, 0.05) is 5.57 Å². The Bertz CT molecular complexity index is 301. The van der Waals surface area contributed by atoms with E-state index in [2.05, 4.69) is 0 Å². The van der Waals surface area contributed by atoms with E-state index >= 15 is 0 Å². The van der Waals surface area contributed by atoms with E-state index in [-0.39, 0.29) is 18.6 Å². The quantitative estimate of drug-likeness (QED) is 0.592. The highest BCUT2D eigenvalue weighted by atomic mass is 16.5. The molecule has 1 fully saturated rings. The highest BCUT2D eigenvalue weighted by molar-refractivity contribution is 5.92. The first-order valence-electron chi connectivity index (χ1n) is 6.23. The second-order valence-corrected chi connectivity index (χ2v) is 4.38. The number of carboxylic acid groups (broad SMARTS) is 1. The topological polar surface area (TPSA) is 63.6 Å². The van der Waals surface area contributed by atoms with E-state index in [0.717, 1.165) is 25.7 Å². The smallest absolute Gasteiger partial charge is 0.331 e. The van der Waals surface area contributed by atoms with Crippen LogP contribution >= 0.6 is 0 Å². The maximum Gasteiger partial charge on any atom is 0.331 e. The summed E-state index contributed by atoms with van der Waals surface area (Å²) in [7, 11) is 0. The van der Waals surface area contributed by atoms with Gasteiger partial charge in [-0.3, -0.25) is 4.79 Å². The third-order valence-corrected chi connectivity index (χ3v) is 3.00. The van der Waals surface area contributed by atoms with Crippen molar-refractivity contribution in [3.05, 3.63) is 11.6 Å². The summed E-state index contributed by atoms with van der Waals surface area (Å²) >= 11 is 0. The van der Waals surface area contributed by atoms with Crippen LogP contribution in [0.4, 0.5) is 0 Å². The van der Waals surface area contributed by atoms with Crippen LogP contribution in [0.5, 0.6) is 0 Å². The molecule has 0 heterocycles. The van der Waals surface area contributed by atoms with Crippen LogP contribution in [0.1, 0.15) is 45.4 Å². The molecule has 0 aromatic heterocycles. The lowest BCUT2D eigenvalue weighted by molar-refractivity contribution is -0.144. The first-order valence-corrected chi connectivity index (χ1v) is 6.23. The molecule has 1 rings (SSSR count). The molecule has 96 valence electrons. The van der Waals surface area contributed by atoms with E-state index in [1.807, 2.05) is 0 Å². The molecule has 4 heteroatoms. The molecule has 0 unspecified atom stereocenters. The van der Waals surface area contributed by atoms with E-state index in [1.54, 1.807) is 13.0 Å². The van der Waals surface area contributed by atoms with Crippen molar-refractivity contribution in [2.24, 2.45) is 5.92 Å². The minimum atomic E-state index is -1.01. The summed E-state index contributed by atoms with van der Waals surface area (Å²) in [5.41, 5.74) is 0.176. The molecular formula is C13H20O4. The molecule has 0 spiro atoms. The predicted octanol–water partition coefficient (Wildman–Crippen LogP) is 2.53. The number of carbonyl (C=O) groups is 2. The Labute approximate surface area is 102 Å². The van der Waals surface area contributed by atoms with Crippen molar-refractivity contribution in [3.8, 4) is 0 Å². The Morgan fingerprint density at radius 2 is 1.94 bits per heavy atom. The first kappa shape index (κ1) is 13.7. The number of carbonyl (C=O) groups excluding carboxylic acids is 1. The lowest BCUT2D eigenvalue weighted by Crippen LogP contribution is -2.13. The van der Waals surface area contributed by atoms with Gasteiger partial charge in [0.05, 0.1) is 13.0 Å². The Morgan fingerprint density at radius 1 is 1.29 bits per heavy atom. The zero-order valence-electron chi connectivity index (χ0n) is 10.3. The number of rotatable bonds is 5. The van der Waals surface area contributed by atoms with E-state index in [1.165, 1.54) is 6.42 Å². The molecule has 0 radical (unpaired) electrons. The minimum absolute atomic E-state index is 0.125. The van der Waals surface area contributed by atoms with Crippen LogP contribution in [0.15, 0.2) is 11.6 Å². The van der Waals surface area contributed by atoms with Crippen LogP contribution < -0.4 is 0 Å². The highest BCUT2D eigenvalue weighted by Crippen LogP contribution is 2.26. The maximum absolute atomic E-state index is 11.3. The summed E-state index contributed by atoms with van der Waals surface area (Å²) in [6.45, 7) is 2.00. The molecule has 0 aromatic rings. The summed E-state index contributed by atoms with van der Waals surface area (Å²) in [6, 6.07) is 0. The lowest BCUT2D eigenvalue weighted by Gasteiger charge is -2.18. The standard InChI is InChI=1S/C13H20O4/c1-2-17-12(14)9-11(13(15)16)8-10-6-4-3-5-7-10/h8,10H,2-7,9H2,1H3,(H,15,16). The molecule has 1 saturated carbocycles. The first-order chi connectivity index (χ1) is 8.13. The van der Waals surface area contributed by atoms with E-state index in [9.17, 15) is 9.59 Å². The number of hydrogen-bond donors (Lipinski definition) is 1. The number of esters is 1. The average molecular weight is 240 g/mol. The molecule has 0 saturated heterocycles. The largest absolute Gasteiger partial charge is 0.478 e. The summed E-state index contributed by atoms with van der Waals surface area (Å²) in [5, 5.41) is 9.04. The third kappa shape index (κ3) is 5.02. The molecule has 1 N–H and O–H groups in total. The third-order valence-electron chi connectivity index (χ3n) is 3.00. The van der Waals surface area contributed by atoms with E-state index in [0.29, 0.717) is 5.92 Å². The summed E-state index contributed by atoms with van der Waals surface area (Å²) in [5.74, 6) is -1.16. The van der Waals surface area contributed by atoms with Gasteiger partial charge in [-0.25, -0.2) is 4.79 Å². The van der Waals surface area contributed by atoms with Crippen LogP contribution in [-0.2, 0) is 14.3 Å². The fourth-order valence-electron chi connectivity index (χ4n) is 2.16. The molecule has 0 atom stereocenters. The van der Waals surface area contributed by atoms with Crippen molar-refractivity contribution >= 4 is 11.9 Å².